The van der Waals surface area contributed by atoms with Gasteiger partial charge in [-0.1, -0.05) is 44.0 Å². The van der Waals surface area contributed by atoms with Crippen LogP contribution in [0.2, 0.25) is 0 Å². The van der Waals surface area contributed by atoms with Gasteiger partial charge in [-0.2, -0.15) is 0 Å². The molecule has 0 bridgehead atoms. The van der Waals surface area contributed by atoms with Crippen LogP contribution >= 0.6 is 15.9 Å². The smallest absolute Gasteiger partial charge is 0.244 e. The lowest BCUT2D eigenvalue weighted by atomic mass is 10.1. The topological polar surface area (TPSA) is 96.0 Å². The summed E-state index contributed by atoms with van der Waals surface area (Å²) < 4.78 is 32.3. The quantitative estimate of drug-likeness (QED) is 0.432. The third-order valence-electron chi connectivity index (χ3n) is 6.40. The number of nitrogens with one attached hydrogen (secondary N) is 1. The Balaban J connectivity index is 1.92. The van der Waals surface area contributed by atoms with Gasteiger partial charge in [-0.05, 0) is 65.0 Å². The van der Waals surface area contributed by atoms with E-state index in [-0.39, 0.29) is 18.5 Å². The number of amides is 2. The van der Waals surface area contributed by atoms with Crippen molar-refractivity contribution in [2.24, 2.45) is 0 Å². The Kier molecular flexibility index (Phi) is 9.78. The van der Waals surface area contributed by atoms with E-state index in [1.165, 1.54) is 4.90 Å². The highest BCUT2D eigenvalue weighted by Crippen LogP contribution is 2.28. The number of ether oxygens (including phenoxy) is 1. The molecule has 196 valence electrons. The molecule has 2 aromatic rings. The lowest BCUT2D eigenvalue weighted by Gasteiger charge is -2.33. The van der Waals surface area contributed by atoms with Crippen LogP contribution in [0.3, 0.4) is 0 Å². The van der Waals surface area contributed by atoms with E-state index in [0.29, 0.717) is 22.3 Å². The first-order chi connectivity index (χ1) is 17.1. The zero-order valence-corrected chi connectivity index (χ0v) is 23.3. The second-order valence-electron chi connectivity index (χ2n) is 9.00. The lowest BCUT2D eigenvalue weighted by Crippen LogP contribution is -2.53. The molecule has 1 N–H and O–H groups in total. The van der Waals surface area contributed by atoms with E-state index in [1.807, 2.05) is 19.1 Å². The number of methoxy groups -OCH3 is 1. The molecule has 1 aliphatic rings. The highest BCUT2D eigenvalue weighted by atomic mass is 79.9. The summed E-state index contributed by atoms with van der Waals surface area (Å²) in [7, 11) is -2.21. The van der Waals surface area contributed by atoms with Gasteiger partial charge in [0.25, 0.3) is 0 Å². The first-order valence-electron chi connectivity index (χ1n) is 12.1. The van der Waals surface area contributed by atoms with Crippen molar-refractivity contribution >= 4 is 43.5 Å². The van der Waals surface area contributed by atoms with Crippen LogP contribution in [0.1, 0.15) is 44.6 Å². The third kappa shape index (κ3) is 7.22. The summed E-state index contributed by atoms with van der Waals surface area (Å²) in [6.45, 7) is 1.59. The van der Waals surface area contributed by atoms with Gasteiger partial charge in [0.15, 0.2) is 0 Å². The summed E-state index contributed by atoms with van der Waals surface area (Å²) in [5, 5.41) is 3.10. The van der Waals surface area contributed by atoms with Crippen LogP contribution in [0.5, 0.6) is 5.75 Å². The number of hydrogen-bond acceptors (Lipinski definition) is 5. The summed E-state index contributed by atoms with van der Waals surface area (Å²) in [5.41, 5.74) is 1.17. The first-order valence-corrected chi connectivity index (χ1v) is 14.7. The van der Waals surface area contributed by atoms with Crippen LogP contribution in [-0.2, 0) is 26.2 Å². The normalized spacial score (nSPS) is 14.8. The van der Waals surface area contributed by atoms with Crippen LogP contribution in [0, 0.1) is 0 Å². The van der Waals surface area contributed by atoms with E-state index >= 15 is 0 Å². The van der Waals surface area contributed by atoms with Gasteiger partial charge >= 0.3 is 0 Å². The molecule has 1 saturated carbocycles. The Morgan fingerprint density at radius 1 is 1.11 bits per heavy atom. The highest BCUT2D eigenvalue weighted by molar-refractivity contribution is 9.10. The number of halogens is 1. The summed E-state index contributed by atoms with van der Waals surface area (Å²) in [6, 6.07) is 13.5. The molecule has 8 nitrogen and oxygen atoms in total. The fourth-order valence-corrected chi connectivity index (χ4v) is 5.94. The van der Waals surface area contributed by atoms with Crippen molar-refractivity contribution < 1.29 is 22.7 Å². The summed E-state index contributed by atoms with van der Waals surface area (Å²) in [6.07, 6.45) is 5.47. The Morgan fingerprint density at radius 2 is 1.75 bits per heavy atom. The molecule has 2 amide bonds. The average Bonchev–Trinajstić information content (AvgIpc) is 3.35. The van der Waals surface area contributed by atoms with Crippen LogP contribution in [0.25, 0.3) is 0 Å². The van der Waals surface area contributed by atoms with E-state index in [4.69, 9.17) is 4.74 Å². The van der Waals surface area contributed by atoms with Crippen molar-refractivity contribution in [3.8, 4) is 5.75 Å². The van der Waals surface area contributed by atoms with Gasteiger partial charge in [0.2, 0.25) is 21.8 Å². The van der Waals surface area contributed by atoms with Crippen molar-refractivity contribution in [2.45, 2.75) is 57.7 Å². The molecule has 1 atom stereocenters. The highest BCUT2D eigenvalue weighted by Gasteiger charge is 2.33. The molecule has 0 heterocycles. The van der Waals surface area contributed by atoms with Crippen LogP contribution in [0.15, 0.2) is 53.0 Å². The maximum atomic E-state index is 13.8. The fourth-order valence-electron chi connectivity index (χ4n) is 4.46. The maximum absolute atomic E-state index is 13.8. The van der Waals surface area contributed by atoms with Gasteiger partial charge < -0.3 is 15.0 Å². The molecular weight excluding hydrogens is 546 g/mol. The van der Waals surface area contributed by atoms with E-state index in [2.05, 4.69) is 21.2 Å². The van der Waals surface area contributed by atoms with E-state index in [9.17, 15) is 18.0 Å². The SMILES string of the molecule is CC[C@@H](C(=O)NC1CCCC1)N(Cc1ccc(OC)cc1)C(=O)CN(c1ccccc1Br)S(C)(=O)=O. The molecule has 0 saturated heterocycles. The van der Waals surface area contributed by atoms with E-state index in [0.717, 1.165) is 41.8 Å². The van der Waals surface area contributed by atoms with Crippen molar-refractivity contribution in [3.05, 3.63) is 58.6 Å². The molecule has 0 radical (unpaired) electrons. The zero-order chi connectivity index (χ0) is 26.3. The number of benzene rings is 2. The predicted octanol–water partition coefficient (Wildman–Crippen LogP) is 4.09. The minimum absolute atomic E-state index is 0.109. The van der Waals surface area contributed by atoms with E-state index in [1.54, 1.807) is 43.5 Å². The molecular formula is C26H34BrN3O5S. The van der Waals surface area contributed by atoms with Crippen molar-refractivity contribution in [1.29, 1.82) is 0 Å². The third-order valence-corrected chi connectivity index (χ3v) is 8.20. The molecule has 0 spiro atoms. The monoisotopic (exact) mass is 579 g/mol. The number of nitrogens with zero attached hydrogens (tertiary/aromatic N) is 2. The van der Waals surface area contributed by atoms with Crippen LogP contribution in [0.4, 0.5) is 5.69 Å². The Hall–Kier alpha value is -2.59. The fraction of sp³-hybridized carbons (Fsp3) is 0.462. The summed E-state index contributed by atoms with van der Waals surface area (Å²) >= 11 is 3.39. The second kappa shape index (κ2) is 12.6. The molecule has 1 fully saturated rings. The van der Waals surface area contributed by atoms with Gasteiger partial charge in [0.05, 0.1) is 19.1 Å². The zero-order valence-electron chi connectivity index (χ0n) is 20.9. The van der Waals surface area contributed by atoms with Crippen LogP contribution in [-0.4, -0.2) is 57.1 Å². The summed E-state index contributed by atoms with van der Waals surface area (Å²) in [4.78, 5) is 28.6. The molecule has 0 aromatic heterocycles. The molecule has 0 unspecified atom stereocenters. The number of para-hydroxylation sites is 1. The molecule has 0 aliphatic heterocycles. The molecule has 36 heavy (non-hydrogen) atoms. The number of rotatable bonds is 11. The van der Waals surface area contributed by atoms with Crippen molar-refractivity contribution in [2.75, 3.05) is 24.2 Å². The molecule has 3 rings (SSSR count). The molecule has 2 aromatic carbocycles. The van der Waals surface area contributed by atoms with Gasteiger partial charge in [0.1, 0.15) is 18.3 Å². The number of hydrogen-bond donors (Lipinski definition) is 1. The minimum Gasteiger partial charge on any atom is -0.497 e. The molecule has 10 heteroatoms. The predicted molar refractivity (Wildman–Crippen MR) is 144 cm³/mol. The van der Waals surface area contributed by atoms with Crippen molar-refractivity contribution in [1.82, 2.24) is 10.2 Å². The average molecular weight is 581 g/mol. The van der Waals surface area contributed by atoms with Gasteiger partial charge in [0, 0.05) is 17.1 Å². The molecule has 1 aliphatic carbocycles. The maximum Gasteiger partial charge on any atom is 0.244 e. The van der Waals surface area contributed by atoms with Gasteiger partial charge in [-0.15, -0.1) is 0 Å². The Morgan fingerprint density at radius 3 is 2.31 bits per heavy atom. The van der Waals surface area contributed by atoms with Crippen molar-refractivity contribution in [3.63, 3.8) is 0 Å². The van der Waals surface area contributed by atoms with Gasteiger partial charge in [-0.3, -0.25) is 13.9 Å². The standard InChI is InChI=1S/C26H34BrN3O5S/c1-4-23(26(32)28-20-9-5-6-10-20)29(17-19-13-15-21(35-2)16-14-19)25(31)18-30(36(3,33)34)24-12-8-7-11-22(24)27/h7-8,11-16,20,23H,4-6,9-10,17-18H2,1-3H3,(H,28,32)/t23-/m0/s1. The second-order valence-corrected chi connectivity index (χ2v) is 11.8. The Bertz CT molecular complexity index is 1150. The lowest BCUT2D eigenvalue weighted by molar-refractivity contribution is -0.140. The minimum atomic E-state index is -3.78. The van der Waals surface area contributed by atoms with Gasteiger partial charge in [-0.25, -0.2) is 8.42 Å². The van der Waals surface area contributed by atoms with Crippen LogP contribution < -0.4 is 14.4 Å². The Labute approximate surface area is 222 Å². The first kappa shape index (κ1) is 28.0. The number of sulfonamides is 1. The number of carbonyl (C=O) groups excluding carboxylic acids is 2. The largest absolute Gasteiger partial charge is 0.497 e. The number of carbonyl (C=O) groups is 2. The summed E-state index contributed by atoms with van der Waals surface area (Å²) in [5.74, 6) is 0.0123. The number of anilines is 1. The van der Waals surface area contributed by atoms with E-state index < -0.39 is 28.5 Å².